The molecule has 0 unspecified atom stereocenters. The van der Waals surface area contributed by atoms with Crippen LogP contribution in [0.25, 0.3) is 0 Å². The van der Waals surface area contributed by atoms with Crippen molar-refractivity contribution in [2.24, 2.45) is 5.92 Å². The van der Waals surface area contributed by atoms with Crippen molar-refractivity contribution >= 4 is 5.97 Å². The highest BCUT2D eigenvalue weighted by molar-refractivity contribution is 5.73. The van der Waals surface area contributed by atoms with Crippen molar-refractivity contribution < 1.29 is 19.0 Å². The van der Waals surface area contributed by atoms with Gasteiger partial charge in [0.1, 0.15) is 5.75 Å². The van der Waals surface area contributed by atoms with Crippen molar-refractivity contribution in [3.8, 4) is 5.75 Å². The van der Waals surface area contributed by atoms with Gasteiger partial charge in [0, 0.05) is 13.0 Å². The lowest BCUT2D eigenvalue weighted by Crippen LogP contribution is -2.31. The first kappa shape index (κ1) is 22.0. The lowest BCUT2D eigenvalue weighted by Gasteiger charge is -2.23. The van der Waals surface area contributed by atoms with Gasteiger partial charge in [-0.25, -0.2) is 0 Å². The van der Waals surface area contributed by atoms with Crippen molar-refractivity contribution in [3.63, 3.8) is 0 Å². The molecule has 0 spiro atoms. The van der Waals surface area contributed by atoms with Crippen LogP contribution in [0.2, 0.25) is 0 Å². The number of carbonyl (C=O) groups excluding carboxylic acids is 1. The van der Waals surface area contributed by atoms with E-state index in [4.69, 9.17) is 14.2 Å². The Kier molecular flexibility index (Phi) is 9.02. The Balaban J connectivity index is 2.19. The number of ether oxygens (including phenoxy) is 3. The van der Waals surface area contributed by atoms with E-state index in [-0.39, 0.29) is 18.0 Å². The van der Waals surface area contributed by atoms with Gasteiger partial charge in [-0.3, -0.25) is 4.79 Å². The summed E-state index contributed by atoms with van der Waals surface area (Å²) >= 11 is 0. The predicted molar refractivity (Wildman–Crippen MR) is 112 cm³/mol. The summed E-state index contributed by atoms with van der Waals surface area (Å²) in [6.07, 6.45) is 3.22. The van der Waals surface area contributed by atoms with Crippen LogP contribution in [0.5, 0.6) is 5.75 Å². The summed E-state index contributed by atoms with van der Waals surface area (Å²) in [4.78, 5) is 12.4. The quantitative estimate of drug-likeness (QED) is 0.411. The van der Waals surface area contributed by atoms with Gasteiger partial charge in [0.25, 0.3) is 0 Å². The first-order chi connectivity index (χ1) is 13.6. The van der Waals surface area contributed by atoms with Crippen molar-refractivity contribution in [1.82, 2.24) is 0 Å². The molecule has 0 N–H and O–H groups in total. The minimum atomic E-state index is -0.333. The molecule has 2 rings (SSSR count). The van der Waals surface area contributed by atoms with Crippen LogP contribution in [0.15, 0.2) is 48.5 Å². The Morgan fingerprint density at radius 1 is 1.04 bits per heavy atom. The second-order valence-electron chi connectivity index (χ2n) is 7.07. The van der Waals surface area contributed by atoms with Gasteiger partial charge >= 0.3 is 5.97 Å². The molecule has 0 aliphatic heterocycles. The van der Waals surface area contributed by atoms with E-state index in [0.717, 1.165) is 36.1 Å². The zero-order valence-electron chi connectivity index (χ0n) is 17.4. The van der Waals surface area contributed by atoms with Crippen LogP contribution in [-0.2, 0) is 27.1 Å². The summed E-state index contributed by atoms with van der Waals surface area (Å²) in [6, 6.07) is 16.4. The zero-order chi connectivity index (χ0) is 20.4. The third kappa shape index (κ3) is 6.38. The molecular formula is C24H32O4. The van der Waals surface area contributed by atoms with Crippen LogP contribution in [0.3, 0.4) is 0 Å². The number of unbranched alkanes of at least 4 members (excludes halogenated alkanes) is 1. The van der Waals surface area contributed by atoms with E-state index < -0.39 is 0 Å². The van der Waals surface area contributed by atoms with Crippen molar-refractivity contribution in [2.45, 2.75) is 45.6 Å². The van der Waals surface area contributed by atoms with E-state index >= 15 is 0 Å². The molecule has 0 aliphatic carbocycles. The van der Waals surface area contributed by atoms with Gasteiger partial charge in [0.15, 0.2) is 0 Å². The Hall–Kier alpha value is -2.33. The molecule has 2 atom stereocenters. The Morgan fingerprint density at radius 3 is 2.43 bits per heavy atom. The molecule has 0 saturated heterocycles. The molecule has 2 aromatic carbocycles. The third-order valence-corrected chi connectivity index (χ3v) is 4.99. The molecule has 152 valence electrons. The number of hydrogen-bond donors (Lipinski definition) is 0. The Bertz CT molecular complexity index is 727. The van der Waals surface area contributed by atoms with E-state index in [1.165, 1.54) is 12.7 Å². The highest BCUT2D eigenvalue weighted by Gasteiger charge is 2.27. The highest BCUT2D eigenvalue weighted by atomic mass is 16.5. The standard InChI is InChI=1S/C24H32O4/c1-5-6-14-28-18(2)22(24(25)27-4)17-20-12-13-23(26-3)21(16-20)15-19-10-8-7-9-11-19/h7-13,16,18,22H,5-6,14-15,17H2,1-4H3/t18-,22-/m0/s1. The highest BCUT2D eigenvalue weighted by Crippen LogP contribution is 2.26. The molecule has 0 aromatic heterocycles. The zero-order valence-corrected chi connectivity index (χ0v) is 17.4. The van der Waals surface area contributed by atoms with Crippen LogP contribution in [0.4, 0.5) is 0 Å². The lowest BCUT2D eigenvalue weighted by molar-refractivity contribution is -0.150. The third-order valence-electron chi connectivity index (χ3n) is 4.99. The van der Waals surface area contributed by atoms with Crippen LogP contribution < -0.4 is 4.74 Å². The maximum absolute atomic E-state index is 12.4. The maximum atomic E-state index is 12.4. The van der Waals surface area contributed by atoms with E-state index in [2.05, 4.69) is 25.1 Å². The fraction of sp³-hybridized carbons (Fsp3) is 0.458. The lowest BCUT2D eigenvalue weighted by atomic mass is 9.92. The first-order valence-electron chi connectivity index (χ1n) is 9.98. The van der Waals surface area contributed by atoms with Crippen molar-refractivity contribution in [1.29, 1.82) is 0 Å². The molecule has 4 nitrogen and oxygen atoms in total. The fourth-order valence-electron chi connectivity index (χ4n) is 3.29. The molecule has 28 heavy (non-hydrogen) atoms. The Morgan fingerprint density at radius 2 is 1.79 bits per heavy atom. The number of benzene rings is 2. The second-order valence-corrected chi connectivity index (χ2v) is 7.07. The predicted octanol–water partition coefficient (Wildman–Crippen LogP) is 4.82. The normalized spacial score (nSPS) is 13.0. The minimum Gasteiger partial charge on any atom is -0.496 e. The number of esters is 1. The van der Waals surface area contributed by atoms with E-state index in [1.807, 2.05) is 37.3 Å². The van der Waals surface area contributed by atoms with E-state index in [9.17, 15) is 4.79 Å². The maximum Gasteiger partial charge on any atom is 0.311 e. The number of rotatable bonds is 11. The molecule has 4 heteroatoms. The number of methoxy groups -OCH3 is 2. The van der Waals surface area contributed by atoms with Gasteiger partial charge in [-0.15, -0.1) is 0 Å². The van der Waals surface area contributed by atoms with Crippen molar-refractivity contribution in [3.05, 3.63) is 65.2 Å². The van der Waals surface area contributed by atoms with Crippen LogP contribution in [0, 0.1) is 5.92 Å². The molecule has 0 saturated carbocycles. The molecule has 2 aromatic rings. The topological polar surface area (TPSA) is 44.8 Å². The van der Waals surface area contributed by atoms with Crippen LogP contribution in [-0.4, -0.2) is 32.9 Å². The average molecular weight is 385 g/mol. The molecule has 0 amide bonds. The number of carbonyl (C=O) groups is 1. The van der Waals surface area contributed by atoms with Gasteiger partial charge in [0.2, 0.25) is 0 Å². The first-order valence-corrected chi connectivity index (χ1v) is 9.98. The molecular weight excluding hydrogens is 352 g/mol. The summed E-state index contributed by atoms with van der Waals surface area (Å²) in [7, 11) is 3.12. The molecule has 0 bridgehead atoms. The summed E-state index contributed by atoms with van der Waals surface area (Å²) in [5, 5.41) is 0. The van der Waals surface area contributed by atoms with E-state index in [0.29, 0.717) is 13.0 Å². The second kappa shape index (κ2) is 11.5. The van der Waals surface area contributed by atoms with E-state index in [1.54, 1.807) is 7.11 Å². The smallest absolute Gasteiger partial charge is 0.311 e. The summed E-state index contributed by atoms with van der Waals surface area (Å²) in [5.74, 6) is 0.290. The van der Waals surface area contributed by atoms with Gasteiger partial charge in [0.05, 0.1) is 26.2 Å². The average Bonchev–Trinajstić information content (AvgIpc) is 2.72. The summed E-state index contributed by atoms with van der Waals surface area (Å²) in [6.45, 7) is 4.73. The molecule has 0 heterocycles. The molecule has 0 aliphatic rings. The van der Waals surface area contributed by atoms with Crippen LogP contribution >= 0.6 is 0 Å². The van der Waals surface area contributed by atoms with Crippen LogP contribution in [0.1, 0.15) is 43.4 Å². The largest absolute Gasteiger partial charge is 0.496 e. The van der Waals surface area contributed by atoms with Gasteiger partial charge in [-0.05, 0) is 42.5 Å². The fourth-order valence-corrected chi connectivity index (χ4v) is 3.29. The summed E-state index contributed by atoms with van der Waals surface area (Å²) < 4.78 is 16.5. The SMILES string of the molecule is CCCCO[C@@H](C)[C@H](Cc1ccc(OC)c(Cc2ccccc2)c1)C(=O)OC. The van der Waals surface area contributed by atoms with Gasteiger partial charge < -0.3 is 14.2 Å². The Labute approximate surface area is 168 Å². The molecule has 0 fully saturated rings. The molecule has 0 radical (unpaired) electrons. The van der Waals surface area contributed by atoms with Gasteiger partial charge in [-0.1, -0.05) is 55.8 Å². The van der Waals surface area contributed by atoms with Crippen molar-refractivity contribution in [2.75, 3.05) is 20.8 Å². The van der Waals surface area contributed by atoms with Gasteiger partial charge in [-0.2, -0.15) is 0 Å². The monoisotopic (exact) mass is 384 g/mol. The number of hydrogen-bond acceptors (Lipinski definition) is 4. The summed E-state index contributed by atoms with van der Waals surface area (Å²) in [5.41, 5.74) is 3.40. The minimum absolute atomic E-state index is 0.196.